The Morgan fingerprint density at radius 1 is 1.44 bits per heavy atom. The van der Waals surface area contributed by atoms with Gasteiger partial charge in [0.2, 0.25) is 5.91 Å². The number of benzene rings is 1. The highest BCUT2D eigenvalue weighted by molar-refractivity contribution is 5.85. The van der Waals surface area contributed by atoms with Crippen LogP contribution < -0.4 is 11.1 Å². The van der Waals surface area contributed by atoms with Gasteiger partial charge in [-0.15, -0.1) is 0 Å². The van der Waals surface area contributed by atoms with Gasteiger partial charge in [-0.1, -0.05) is 12.1 Å². The SMILES string of the molecule is C[C@@H](O)[C@H](NC(=O)Cc1cccc(N)c1)C(=O)O. The first kappa shape index (κ1) is 14.0. The summed E-state index contributed by atoms with van der Waals surface area (Å²) in [6, 6.07) is 5.45. The third kappa shape index (κ3) is 4.06. The van der Waals surface area contributed by atoms with Crippen molar-refractivity contribution in [3.8, 4) is 0 Å². The molecule has 6 nitrogen and oxygen atoms in total. The zero-order chi connectivity index (χ0) is 13.7. The molecule has 2 atom stereocenters. The van der Waals surface area contributed by atoms with Crippen molar-refractivity contribution >= 4 is 17.6 Å². The lowest BCUT2D eigenvalue weighted by molar-refractivity contribution is -0.144. The molecule has 0 aromatic heterocycles. The standard InChI is InChI=1S/C12H16N2O4/c1-7(15)11(12(17)18)14-10(16)6-8-3-2-4-9(13)5-8/h2-5,7,11,15H,6,13H2,1H3,(H,14,16)(H,17,18)/t7-,11+/m1/s1. The van der Waals surface area contributed by atoms with Crippen molar-refractivity contribution in [2.75, 3.05) is 5.73 Å². The minimum atomic E-state index is -1.31. The number of carboxylic acid groups (broad SMARTS) is 1. The highest BCUT2D eigenvalue weighted by Crippen LogP contribution is 2.07. The number of aliphatic carboxylic acids is 1. The highest BCUT2D eigenvalue weighted by Gasteiger charge is 2.24. The summed E-state index contributed by atoms with van der Waals surface area (Å²) in [6.07, 6.45) is -1.14. The Balaban J connectivity index is 2.63. The van der Waals surface area contributed by atoms with Gasteiger partial charge in [0.05, 0.1) is 12.5 Å². The third-order valence-corrected chi connectivity index (χ3v) is 2.38. The van der Waals surface area contributed by atoms with Crippen molar-refractivity contribution in [1.29, 1.82) is 0 Å². The Labute approximate surface area is 104 Å². The lowest BCUT2D eigenvalue weighted by atomic mass is 10.1. The van der Waals surface area contributed by atoms with Gasteiger partial charge >= 0.3 is 5.97 Å². The second kappa shape index (κ2) is 6.02. The Kier molecular flexibility index (Phi) is 4.67. The summed E-state index contributed by atoms with van der Waals surface area (Å²) in [5.74, 6) is -1.75. The molecule has 0 saturated carbocycles. The average molecular weight is 252 g/mol. The van der Waals surface area contributed by atoms with E-state index in [1.807, 2.05) is 0 Å². The van der Waals surface area contributed by atoms with Gasteiger partial charge < -0.3 is 21.3 Å². The molecule has 5 N–H and O–H groups in total. The first-order valence-corrected chi connectivity index (χ1v) is 5.45. The van der Waals surface area contributed by atoms with Crippen LogP contribution in [0.3, 0.4) is 0 Å². The fourth-order valence-corrected chi connectivity index (χ4v) is 1.50. The van der Waals surface area contributed by atoms with E-state index in [2.05, 4.69) is 5.32 Å². The van der Waals surface area contributed by atoms with Gasteiger partial charge in [0.1, 0.15) is 0 Å². The largest absolute Gasteiger partial charge is 0.480 e. The number of anilines is 1. The topological polar surface area (TPSA) is 113 Å². The van der Waals surface area contributed by atoms with Crippen LogP contribution in [-0.4, -0.2) is 34.2 Å². The van der Waals surface area contributed by atoms with E-state index in [0.29, 0.717) is 11.3 Å². The van der Waals surface area contributed by atoms with E-state index in [9.17, 15) is 14.7 Å². The van der Waals surface area contributed by atoms with E-state index in [-0.39, 0.29) is 6.42 Å². The molecule has 0 spiro atoms. The first-order valence-electron chi connectivity index (χ1n) is 5.45. The van der Waals surface area contributed by atoms with Gasteiger partial charge in [-0.3, -0.25) is 4.79 Å². The molecule has 1 aromatic carbocycles. The molecule has 6 heteroatoms. The number of nitrogens with two attached hydrogens (primary N) is 1. The van der Waals surface area contributed by atoms with E-state index in [1.165, 1.54) is 6.92 Å². The van der Waals surface area contributed by atoms with Crippen LogP contribution in [0.4, 0.5) is 5.69 Å². The number of aliphatic hydroxyl groups excluding tert-OH is 1. The molecule has 0 bridgehead atoms. The minimum absolute atomic E-state index is 0.0154. The molecule has 98 valence electrons. The van der Waals surface area contributed by atoms with Crippen LogP contribution >= 0.6 is 0 Å². The van der Waals surface area contributed by atoms with E-state index >= 15 is 0 Å². The lowest BCUT2D eigenvalue weighted by Crippen LogP contribution is -2.48. The molecule has 0 aliphatic carbocycles. The van der Waals surface area contributed by atoms with Crippen LogP contribution in [0.25, 0.3) is 0 Å². The molecule has 0 radical (unpaired) electrons. The number of aliphatic hydroxyl groups is 1. The van der Waals surface area contributed by atoms with E-state index in [1.54, 1.807) is 24.3 Å². The van der Waals surface area contributed by atoms with Crippen LogP contribution in [0.5, 0.6) is 0 Å². The number of hydrogen-bond acceptors (Lipinski definition) is 4. The van der Waals surface area contributed by atoms with Gasteiger partial charge in [-0.05, 0) is 24.6 Å². The van der Waals surface area contributed by atoms with Crippen molar-refractivity contribution in [3.05, 3.63) is 29.8 Å². The maximum absolute atomic E-state index is 11.6. The molecule has 1 aromatic rings. The molecule has 0 aliphatic rings. The van der Waals surface area contributed by atoms with Crippen LogP contribution in [-0.2, 0) is 16.0 Å². The molecule has 18 heavy (non-hydrogen) atoms. The zero-order valence-electron chi connectivity index (χ0n) is 9.96. The Hall–Kier alpha value is -2.08. The van der Waals surface area contributed by atoms with Crippen molar-refractivity contribution in [2.45, 2.75) is 25.5 Å². The van der Waals surface area contributed by atoms with E-state index < -0.39 is 24.0 Å². The Morgan fingerprint density at radius 3 is 2.61 bits per heavy atom. The summed E-state index contributed by atoms with van der Waals surface area (Å²) in [6.45, 7) is 1.31. The van der Waals surface area contributed by atoms with Crippen molar-refractivity contribution in [3.63, 3.8) is 0 Å². The summed E-state index contributed by atoms with van der Waals surface area (Å²) in [4.78, 5) is 22.4. The van der Waals surface area contributed by atoms with Gasteiger partial charge in [0.15, 0.2) is 6.04 Å². The fraction of sp³-hybridized carbons (Fsp3) is 0.333. The molecular weight excluding hydrogens is 236 g/mol. The highest BCUT2D eigenvalue weighted by atomic mass is 16.4. The molecule has 1 amide bonds. The number of carboxylic acids is 1. The maximum Gasteiger partial charge on any atom is 0.328 e. The normalized spacial score (nSPS) is 13.7. The first-order chi connectivity index (χ1) is 8.40. The third-order valence-electron chi connectivity index (χ3n) is 2.38. The molecular formula is C12H16N2O4. The van der Waals surface area contributed by atoms with Crippen molar-refractivity contribution < 1.29 is 19.8 Å². The smallest absolute Gasteiger partial charge is 0.328 e. The van der Waals surface area contributed by atoms with Crippen LogP contribution in [0, 0.1) is 0 Å². The Bertz CT molecular complexity index is 445. The number of amides is 1. The van der Waals surface area contributed by atoms with Crippen LogP contribution in [0.15, 0.2) is 24.3 Å². The number of nitrogen functional groups attached to an aromatic ring is 1. The number of rotatable bonds is 5. The average Bonchev–Trinajstić information content (AvgIpc) is 2.25. The fourth-order valence-electron chi connectivity index (χ4n) is 1.50. The zero-order valence-corrected chi connectivity index (χ0v) is 9.96. The van der Waals surface area contributed by atoms with Crippen molar-refractivity contribution in [2.24, 2.45) is 0 Å². The molecule has 0 heterocycles. The molecule has 0 aliphatic heterocycles. The van der Waals surface area contributed by atoms with Crippen molar-refractivity contribution in [1.82, 2.24) is 5.32 Å². The summed E-state index contributed by atoms with van der Waals surface area (Å²) >= 11 is 0. The second-order valence-electron chi connectivity index (χ2n) is 4.05. The minimum Gasteiger partial charge on any atom is -0.480 e. The molecule has 0 saturated heterocycles. The maximum atomic E-state index is 11.6. The molecule has 0 fully saturated rings. The monoisotopic (exact) mass is 252 g/mol. The predicted molar refractivity (Wildman–Crippen MR) is 65.8 cm³/mol. The van der Waals surface area contributed by atoms with Crippen LogP contribution in [0.1, 0.15) is 12.5 Å². The van der Waals surface area contributed by atoms with Gasteiger partial charge in [0, 0.05) is 5.69 Å². The Morgan fingerprint density at radius 2 is 2.11 bits per heavy atom. The quantitative estimate of drug-likeness (QED) is 0.540. The van der Waals surface area contributed by atoms with E-state index in [4.69, 9.17) is 10.8 Å². The number of nitrogens with one attached hydrogen (secondary N) is 1. The van der Waals surface area contributed by atoms with Gasteiger partial charge in [0.25, 0.3) is 0 Å². The number of carbonyl (C=O) groups is 2. The number of hydrogen-bond donors (Lipinski definition) is 4. The predicted octanol–water partition coefficient (Wildman–Crippen LogP) is -0.239. The summed E-state index contributed by atoms with van der Waals surface area (Å²) in [5.41, 5.74) is 6.78. The van der Waals surface area contributed by atoms with Gasteiger partial charge in [-0.25, -0.2) is 4.79 Å². The lowest BCUT2D eigenvalue weighted by Gasteiger charge is -2.17. The molecule has 1 rings (SSSR count). The summed E-state index contributed by atoms with van der Waals surface area (Å²) < 4.78 is 0. The number of carbonyl (C=O) groups excluding carboxylic acids is 1. The second-order valence-corrected chi connectivity index (χ2v) is 4.05. The van der Waals surface area contributed by atoms with E-state index in [0.717, 1.165) is 0 Å². The van der Waals surface area contributed by atoms with Gasteiger partial charge in [-0.2, -0.15) is 0 Å². The summed E-state index contributed by atoms with van der Waals surface area (Å²) in [7, 11) is 0. The van der Waals surface area contributed by atoms with Crippen LogP contribution in [0.2, 0.25) is 0 Å². The molecule has 0 unspecified atom stereocenters. The summed E-state index contributed by atoms with van der Waals surface area (Å²) in [5, 5.41) is 20.3.